The van der Waals surface area contributed by atoms with Gasteiger partial charge in [0.2, 0.25) is 0 Å². The molecule has 2 heterocycles. The van der Waals surface area contributed by atoms with Gasteiger partial charge >= 0.3 is 0 Å². The van der Waals surface area contributed by atoms with Crippen molar-refractivity contribution in [1.29, 1.82) is 0 Å². The van der Waals surface area contributed by atoms with Gasteiger partial charge < -0.3 is 4.74 Å². The van der Waals surface area contributed by atoms with Crippen molar-refractivity contribution in [2.75, 3.05) is 24.7 Å². The average Bonchev–Trinajstić information content (AvgIpc) is 2.23. The Kier molecular flexibility index (Phi) is 6.36. The van der Waals surface area contributed by atoms with E-state index in [9.17, 15) is 0 Å². The highest BCUT2D eigenvalue weighted by atomic mass is 35.5. The van der Waals surface area contributed by atoms with Crippen molar-refractivity contribution in [3.63, 3.8) is 0 Å². The summed E-state index contributed by atoms with van der Waals surface area (Å²) in [4.78, 5) is 0. The van der Waals surface area contributed by atoms with Gasteiger partial charge in [0.05, 0.1) is 6.61 Å². The van der Waals surface area contributed by atoms with Crippen LogP contribution >= 0.6 is 24.2 Å². The highest BCUT2D eigenvalue weighted by Crippen LogP contribution is 2.27. The molecule has 90 valence electrons. The van der Waals surface area contributed by atoms with Crippen molar-refractivity contribution in [2.24, 2.45) is 11.8 Å². The maximum absolute atomic E-state index is 5.77. The molecule has 2 rings (SSSR count). The lowest BCUT2D eigenvalue weighted by molar-refractivity contribution is -0.0351. The van der Waals surface area contributed by atoms with Gasteiger partial charge in [0.15, 0.2) is 0 Å². The van der Waals surface area contributed by atoms with Crippen LogP contribution < -0.4 is 5.32 Å². The van der Waals surface area contributed by atoms with Crippen molar-refractivity contribution in [3.8, 4) is 0 Å². The molecule has 2 aliphatic heterocycles. The van der Waals surface area contributed by atoms with E-state index in [1.807, 2.05) is 0 Å². The van der Waals surface area contributed by atoms with E-state index in [1.165, 1.54) is 30.8 Å². The molecule has 2 nitrogen and oxygen atoms in total. The standard InChI is InChI=1S/C11H21NOS.ClH/c1-9-6-12-11(13-7-9)5-10-3-2-4-14-8-10;/h9-12H,2-8H2,1H3;1H. The van der Waals surface area contributed by atoms with Crippen molar-refractivity contribution < 1.29 is 4.74 Å². The zero-order chi connectivity index (χ0) is 9.80. The maximum atomic E-state index is 5.77. The number of thioether (sulfide) groups is 1. The van der Waals surface area contributed by atoms with Crippen LogP contribution in [-0.2, 0) is 4.74 Å². The summed E-state index contributed by atoms with van der Waals surface area (Å²) in [5.74, 6) is 4.29. The van der Waals surface area contributed by atoms with Gasteiger partial charge in [-0.1, -0.05) is 6.92 Å². The highest BCUT2D eigenvalue weighted by Gasteiger charge is 2.22. The first-order chi connectivity index (χ1) is 6.84. The zero-order valence-corrected chi connectivity index (χ0v) is 11.0. The van der Waals surface area contributed by atoms with Crippen LogP contribution in [0.3, 0.4) is 0 Å². The topological polar surface area (TPSA) is 21.3 Å². The lowest BCUT2D eigenvalue weighted by atomic mass is 9.99. The summed E-state index contributed by atoms with van der Waals surface area (Å²) in [5.41, 5.74) is 0. The molecule has 3 atom stereocenters. The van der Waals surface area contributed by atoms with Gasteiger partial charge in [0, 0.05) is 6.54 Å². The van der Waals surface area contributed by atoms with Crippen LogP contribution in [0.1, 0.15) is 26.2 Å². The molecule has 0 spiro atoms. The zero-order valence-electron chi connectivity index (χ0n) is 9.41. The molecular formula is C11H22ClNOS. The number of hydrogen-bond acceptors (Lipinski definition) is 3. The van der Waals surface area contributed by atoms with Gasteiger partial charge in [-0.05, 0) is 42.6 Å². The van der Waals surface area contributed by atoms with E-state index in [0.29, 0.717) is 12.1 Å². The first kappa shape index (κ1) is 13.6. The van der Waals surface area contributed by atoms with E-state index < -0.39 is 0 Å². The first-order valence-corrected chi connectivity index (χ1v) is 6.93. The van der Waals surface area contributed by atoms with Gasteiger partial charge in [-0.2, -0.15) is 11.8 Å². The predicted octanol–water partition coefficient (Wildman–Crippen LogP) is 2.52. The summed E-state index contributed by atoms with van der Waals surface area (Å²) in [6.45, 7) is 4.31. The summed E-state index contributed by atoms with van der Waals surface area (Å²) < 4.78 is 5.77. The van der Waals surface area contributed by atoms with E-state index in [0.717, 1.165) is 19.1 Å². The number of rotatable bonds is 2. The van der Waals surface area contributed by atoms with Crippen LogP contribution in [0.4, 0.5) is 0 Å². The molecule has 1 N–H and O–H groups in total. The van der Waals surface area contributed by atoms with E-state index in [-0.39, 0.29) is 12.4 Å². The Balaban J connectivity index is 0.00000112. The van der Waals surface area contributed by atoms with E-state index in [2.05, 4.69) is 24.0 Å². The minimum Gasteiger partial charge on any atom is -0.363 e. The lowest BCUT2D eigenvalue weighted by Gasteiger charge is -2.32. The monoisotopic (exact) mass is 251 g/mol. The molecule has 0 amide bonds. The predicted molar refractivity (Wildman–Crippen MR) is 68.8 cm³/mol. The Bertz CT molecular complexity index is 168. The molecule has 3 unspecified atom stereocenters. The third kappa shape index (κ3) is 4.51. The van der Waals surface area contributed by atoms with Gasteiger partial charge in [0.1, 0.15) is 6.23 Å². The fourth-order valence-electron chi connectivity index (χ4n) is 2.18. The van der Waals surface area contributed by atoms with E-state index >= 15 is 0 Å². The van der Waals surface area contributed by atoms with Crippen LogP contribution in [0.25, 0.3) is 0 Å². The van der Waals surface area contributed by atoms with Crippen LogP contribution in [0.15, 0.2) is 0 Å². The Hall–Kier alpha value is 0.560. The molecular weight excluding hydrogens is 230 g/mol. The molecule has 0 aliphatic carbocycles. The molecule has 2 fully saturated rings. The number of hydrogen-bond donors (Lipinski definition) is 1. The molecule has 0 aromatic heterocycles. The second kappa shape index (κ2) is 7.00. The third-order valence-electron chi connectivity index (χ3n) is 3.08. The molecule has 2 saturated heterocycles. The number of halogens is 1. The summed E-state index contributed by atoms with van der Waals surface area (Å²) >= 11 is 2.11. The maximum Gasteiger partial charge on any atom is 0.108 e. The Morgan fingerprint density at radius 2 is 2.33 bits per heavy atom. The Morgan fingerprint density at radius 3 is 2.93 bits per heavy atom. The minimum atomic E-state index is 0. The van der Waals surface area contributed by atoms with Crippen LogP contribution in [0.5, 0.6) is 0 Å². The molecule has 15 heavy (non-hydrogen) atoms. The van der Waals surface area contributed by atoms with Gasteiger partial charge in [0.25, 0.3) is 0 Å². The largest absolute Gasteiger partial charge is 0.363 e. The lowest BCUT2D eigenvalue weighted by Crippen LogP contribution is -2.43. The van der Waals surface area contributed by atoms with Crippen molar-refractivity contribution >= 4 is 24.2 Å². The third-order valence-corrected chi connectivity index (χ3v) is 4.36. The number of ether oxygens (including phenoxy) is 1. The quantitative estimate of drug-likeness (QED) is 0.815. The summed E-state index contributed by atoms with van der Waals surface area (Å²) in [5, 5.41) is 3.48. The first-order valence-electron chi connectivity index (χ1n) is 5.77. The second-order valence-corrected chi connectivity index (χ2v) is 5.80. The molecule has 2 aliphatic rings. The highest BCUT2D eigenvalue weighted by molar-refractivity contribution is 7.99. The van der Waals surface area contributed by atoms with Gasteiger partial charge in [-0.15, -0.1) is 12.4 Å². The Labute approximate surface area is 103 Å². The molecule has 0 aromatic rings. The molecule has 0 bridgehead atoms. The smallest absolute Gasteiger partial charge is 0.108 e. The van der Waals surface area contributed by atoms with Crippen molar-refractivity contribution in [2.45, 2.75) is 32.4 Å². The Morgan fingerprint density at radius 1 is 1.47 bits per heavy atom. The van der Waals surface area contributed by atoms with Crippen molar-refractivity contribution in [3.05, 3.63) is 0 Å². The second-order valence-electron chi connectivity index (χ2n) is 4.65. The number of nitrogens with one attached hydrogen (secondary N) is 1. The van der Waals surface area contributed by atoms with Crippen molar-refractivity contribution in [1.82, 2.24) is 5.32 Å². The van der Waals surface area contributed by atoms with Gasteiger partial charge in [-0.3, -0.25) is 5.32 Å². The summed E-state index contributed by atoms with van der Waals surface area (Å²) in [7, 11) is 0. The van der Waals surface area contributed by atoms with Crippen LogP contribution in [0.2, 0.25) is 0 Å². The average molecular weight is 252 g/mol. The molecule has 0 aromatic carbocycles. The van der Waals surface area contributed by atoms with Crippen LogP contribution in [-0.4, -0.2) is 30.9 Å². The normalized spacial score (nSPS) is 37.0. The fourth-order valence-corrected chi connectivity index (χ4v) is 3.35. The van der Waals surface area contributed by atoms with Crippen LogP contribution in [0, 0.1) is 11.8 Å². The molecule has 0 saturated carbocycles. The minimum absolute atomic E-state index is 0. The summed E-state index contributed by atoms with van der Waals surface area (Å²) in [6, 6.07) is 0. The molecule has 4 heteroatoms. The van der Waals surface area contributed by atoms with Gasteiger partial charge in [-0.25, -0.2) is 0 Å². The molecule has 0 radical (unpaired) electrons. The fraction of sp³-hybridized carbons (Fsp3) is 1.00. The SMILES string of the molecule is CC1CNC(CC2CCCSC2)OC1.Cl. The van der Waals surface area contributed by atoms with E-state index in [4.69, 9.17) is 4.74 Å². The summed E-state index contributed by atoms with van der Waals surface area (Å²) in [6.07, 6.45) is 4.37. The van der Waals surface area contributed by atoms with E-state index in [1.54, 1.807) is 0 Å².